The van der Waals surface area contributed by atoms with Crippen molar-refractivity contribution in [2.24, 2.45) is 0 Å². The maximum absolute atomic E-state index is 5.07. The Morgan fingerprint density at radius 1 is 1.26 bits per heavy atom. The monoisotopic (exact) mass is 267 g/mol. The van der Waals surface area contributed by atoms with Gasteiger partial charge in [-0.3, -0.25) is 4.68 Å². The molecule has 1 aromatic rings. The summed E-state index contributed by atoms with van der Waals surface area (Å²) in [5.74, 6) is 0. The number of ether oxygens (including phenoxy) is 1. The van der Waals surface area contributed by atoms with Crippen LogP contribution in [0.2, 0.25) is 0 Å². The van der Waals surface area contributed by atoms with Crippen molar-refractivity contribution >= 4 is 0 Å². The standard InChI is InChI=1S/C15H29N3O/c1-6-12(4)18-15(8-3)13(14(7-2)17-18)11-16-9-10-19-5/h12,16H,6-11H2,1-5H3. The predicted molar refractivity (Wildman–Crippen MR) is 79.6 cm³/mol. The quantitative estimate of drug-likeness (QED) is 0.699. The van der Waals surface area contributed by atoms with Gasteiger partial charge in [-0.2, -0.15) is 5.10 Å². The number of rotatable bonds is 9. The molecule has 0 aliphatic rings. The van der Waals surface area contributed by atoms with Gasteiger partial charge in [-0.1, -0.05) is 20.8 Å². The van der Waals surface area contributed by atoms with Crippen LogP contribution in [0.3, 0.4) is 0 Å². The SMILES string of the molecule is CCc1nn(C(C)CC)c(CC)c1CNCCOC. The van der Waals surface area contributed by atoms with Crippen molar-refractivity contribution in [2.75, 3.05) is 20.3 Å². The van der Waals surface area contributed by atoms with Crippen LogP contribution in [0.5, 0.6) is 0 Å². The van der Waals surface area contributed by atoms with Crippen LogP contribution in [0.15, 0.2) is 0 Å². The minimum absolute atomic E-state index is 0.480. The zero-order chi connectivity index (χ0) is 14.3. The minimum Gasteiger partial charge on any atom is -0.383 e. The molecular weight excluding hydrogens is 238 g/mol. The number of nitrogens with zero attached hydrogens (tertiary/aromatic N) is 2. The second-order valence-corrected chi connectivity index (χ2v) is 4.95. The summed E-state index contributed by atoms with van der Waals surface area (Å²) < 4.78 is 7.30. The van der Waals surface area contributed by atoms with Gasteiger partial charge in [0.1, 0.15) is 0 Å². The molecular formula is C15H29N3O. The molecule has 110 valence electrons. The Morgan fingerprint density at radius 3 is 2.53 bits per heavy atom. The highest BCUT2D eigenvalue weighted by Crippen LogP contribution is 2.21. The lowest BCUT2D eigenvalue weighted by Crippen LogP contribution is -2.20. The number of aryl methyl sites for hydroxylation is 1. The first-order chi connectivity index (χ1) is 9.19. The third-order valence-electron chi connectivity index (χ3n) is 3.66. The van der Waals surface area contributed by atoms with Gasteiger partial charge >= 0.3 is 0 Å². The van der Waals surface area contributed by atoms with Crippen molar-refractivity contribution in [3.8, 4) is 0 Å². The zero-order valence-corrected chi connectivity index (χ0v) is 13.1. The average Bonchev–Trinajstić information content (AvgIpc) is 2.80. The molecule has 0 aliphatic heterocycles. The summed E-state index contributed by atoms with van der Waals surface area (Å²) in [6, 6.07) is 0.480. The molecule has 0 saturated carbocycles. The summed E-state index contributed by atoms with van der Waals surface area (Å²) in [4.78, 5) is 0. The molecule has 0 saturated heterocycles. The van der Waals surface area contributed by atoms with Crippen LogP contribution in [-0.2, 0) is 24.1 Å². The highest BCUT2D eigenvalue weighted by molar-refractivity contribution is 5.27. The number of hydrogen-bond acceptors (Lipinski definition) is 3. The smallest absolute Gasteiger partial charge is 0.0669 e. The second kappa shape index (κ2) is 8.33. The molecule has 0 aliphatic carbocycles. The van der Waals surface area contributed by atoms with E-state index in [-0.39, 0.29) is 0 Å². The third-order valence-corrected chi connectivity index (χ3v) is 3.66. The average molecular weight is 267 g/mol. The molecule has 0 fully saturated rings. The second-order valence-electron chi connectivity index (χ2n) is 4.95. The highest BCUT2D eigenvalue weighted by Gasteiger charge is 2.17. The maximum atomic E-state index is 5.07. The molecule has 19 heavy (non-hydrogen) atoms. The number of hydrogen-bond donors (Lipinski definition) is 1. The van der Waals surface area contributed by atoms with E-state index in [0.717, 1.165) is 39.0 Å². The van der Waals surface area contributed by atoms with E-state index in [2.05, 4.69) is 37.7 Å². The molecule has 0 aromatic carbocycles. The van der Waals surface area contributed by atoms with Crippen LogP contribution in [0, 0.1) is 0 Å². The third kappa shape index (κ3) is 4.05. The van der Waals surface area contributed by atoms with Crippen molar-refractivity contribution in [3.63, 3.8) is 0 Å². The first-order valence-corrected chi connectivity index (χ1v) is 7.48. The number of nitrogens with one attached hydrogen (secondary N) is 1. The lowest BCUT2D eigenvalue weighted by atomic mass is 10.1. The van der Waals surface area contributed by atoms with Crippen molar-refractivity contribution in [2.45, 2.75) is 59.5 Å². The Morgan fingerprint density at radius 2 is 2.00 bits per heavy atom. The van der Waals surface area contributed by atoms with E-state index in [1.165, 1.54) is 17.0 Å². The lowest BCUT2D eigenvalue weighted by Gasteiger charge is -2.14. The lowest BCUT2D eigenvalue weighted by molar-refractivity contribution is 0.199. The van der Waals surface area contributed by atoms with Gasteiger partial charge in [0.2, 0.25) is 0 Å². The zero-order valence-electron chi connectivity index (χ0n) is 13.1. The first kappa shape index (κ1) is 16.2. The number of aromatic nitrogens is 2. The molecule has 0 amide bonds. The Bertz CT molecular complexity index is 374. The summed E-state index contributed by atoms with van der Waals surface area (Å²) in [6.45, 7) is 11.4. The van der Waals surface area contributed by atoms with E-state index < -0.39 is 0 Å². The van der Waals surface area contributed by atoms with Gasteiger partial charge in [0, 0.05) is 37.5 Å². The Balaban J connectivity index is 2.89. The minimum atomic E-state index is 0.480. The Labute approximate surface area is 117 Å². The van der Waals surface area contributed by atoms with Gasteiger partial charge in [0.05, 0.1) is 12.3 Å². The van der Waals surface area contributed by atoms with Crippen LogP contribution in [0.4, 0.5) is 0 Å². The van der Waals surface area contributed by atoms with Crippen LogP contribution in [0.25, 0.3) is 0 Å². The first-order valence-electron chi connectivity index (χ1n) is 7.48. The van der Waals surface area contributed by atoms with Crippen molar-refractivity contribution in [1.29, 1.82) is 0 Å². The van der Waals surface area contributed by atoms with Crippen LogP contribution >= 0.6 is 0 Å². The molecule has 4 nitrogen and oxygen atoms in total. The maximum Gasteiger partial charge on any atom is 0.0669 e. The molecule has 1 unspecified atom stereocenters. The van der Waals surface area contributed by atoms with Gasteiger partial charge in [0.15, 0.2) is 0 Å². The van der Waals surface area contributed by atoms with Crippen LogP contribution in [-0.4, -0.2) is 30.0 Å². The molecule has 0 spiro atoms. The van der Waals surface area contributed by atoms with E-state index in [4.69, 9.17) is 9.84 Å². The van der Waals surface area contributed by atoms with E-state index in [1.54, 1.807) is 7.11 Å². The molecule has 0 radical (unpaired) electrons. The van der Waals surface area contributed by atoms with E-state index in [1.807, 2.05) is 0 Å². The summed E-state index contributed by atoms with van der Waals surface area (Å²) in [5.41, 5.74) is 4.01. The van der Waals surface area contributed by atoms with Gasteiger partial charge < -0.3 is 10.1 Å². The highest BCUT2D eigenvalue weighted by atomic mass is 16.5. The van der Waals surface area contributed by atoms with Gasteiger partial charge in [0.25, 0.3) is 0 Å². The predicted octanol–water partition coefficient (Wildman–Crippen LogP) is 2.71. The van der Waals surface area contributed by atoms with E-state index in [9.17, 15) is 0 Å². The van der Waals surface area contributed by atoms with E-state index in [0.29, 0.717) is 6.04 Å². The van der Waals surface area contributed by atoms with E-state index >= 15 is 0 Å². The summed E-state index contributed by atoms with van der Waals surface area (Å²) in [6.07, 6.45) is 3.16. The van der Waals surface area contributed by atoms with Crippen molar-refractivity contribution in [1.82, 2.24) is 15.1 Å². The molecule has 1 rings (SSSR count). The van der Waals surface area contributed by atoms with Crippen LogP contribution < -0.4 is 5.32 Å². The fraction of sp³-hybridized carbons (Fsp3) is 0.800. The fourth-order valence-electron chi connectivity index (χ4n) is 2.34. The van der Waals surface area contributed by atoms with Crippen LogP contribution in [0.1, 0.15) is 57.1 Å². The molecule has 1 N–H and O–H groups in total. The normalized spacial score (nSPS) is 12.9. The topological polar surface area (TPSA) is 39.1 Å². The molecule has 1 atom stereocenters. The van der Waals surface area contributed by atoms with Crippen molar-refractivity contribution < 1.29 is 4.74 Å². The van der Waals surface area contributed by atoms with Crippen molar-refractivity contribution in [3.05, 3.63) is 17.0 Å². The largest absolute Gasteiger partial charge is 0.383 e. The summed E-state index contributed by atoms with van der Waals surface area (Å²) in [7, 11) is 1.73. The molecule has 4 heteroatoms. The van der Waals surface area contributed by atoms with Gasteiger partial charge in [-0.25, -0.2) is 0 Å². The Kier molecular flexibility index (Phi) is 7.10. The molecule has 1 aromatic heterocycles. The van der Waals surface area contributed by atoms with Gasteiger partial charge in [-0.05, 0) is 26.2 Å². The number of methoxy groups -OCH3 is 1. The Hall–Kier alpha value is -0.870. The summed E-state index contributed by atoms with van der Waals surface area (Å²) >= 11 is 0. The fourth-order valence-corrected chi connectivity index (χ4v) is 2.34. The molecule has 0 bridgehead atoms. The van der Waals surface area contributed by atoms with Gasteiger partial charge in [-0.15, -0.1) is 0 Å². The summed E-state index contributed by atoms with van der Waals surface area (Å²) in [5, 5.41) is 8.26. The molecule has 1 heterocycles.